The van der Waals surface area contributed by atoms with Gasteiger partial charge in [-0.2, -0.15) is 0 Å². The van der Waals surface area contributed by atoms with Crippen LogP contribution >= 0.6 is 15.9 Å². The minimum absolute atomic E-state index is 0.179. The van der Waals surface area contributed by atoms with Crippen LogP contribution in [0.3, 0.4) is 0 Å². The van der Waals surface area contributed by atoms with E-state index in [0.717, 1.165) is 10.2 Å². The number of aromatic carboxylic acids is 1. The van der Waals surface area contributed by atoms with Crippen LogP contribution in [-0.2, 0) is 6.42 Å². The highest BCUT2D eigenvalue weighted by atomic mass is 79.9. The van der Waals surface area contributed by atoms with E-state index < -0.39 is 5.97 Å². The standard InChI is InChI=1S/C11H10BrN3O2/c1-2-9-13-10(11(16)17)14-15(9)8-5-3-4-7(12)6-8/h3-6H,2H2,1H3,(H,16,17). The smallest absolute Gasteiger partial charge is 0.375 e. The zero-order valence-electron chi connectivity index (χ0n) is 9.09. The van der Waals surface area contributed by atoms with Gasteiger partial charge in [0.25, 0.3) is 5.82 Å². The molecule has 0 amide bonds. The van der Waals surface area contributed by atoms with Gasteiger partial charge in [-0.25, -0.2) is 14.5 Å². The number of nitrogens with zero attached hydrogens (tertiary/aromatic N) is 3. The highest BCUT2D eigenvalue weighted by molar-refractivity contribution is 9.10. The maximum atomic E-state index is 10.8. The van der Waals surface area contributed by atoms with Gasteiger partial charge in [0, 0.05) is 10.9 Å². The Morgan fingerprint density at radius 2 is 2.29 bits per heavy atom. The van der Waals surface area contributed by atoms with Crippen LogP contribution in [0.25, 0.3) is 5.69 Å². The summed E-state index contributed by atoms with van der Waals surface area (Å²) < 4.78 is 2.46. The highest BCUT2D eigenvalue weighted by Gasteiger charge is 2.15. The SMILES string of the molecule is CCc1nc(C(=O)O)nn1-c1cccc(Br)c1. The highest BCUT2D eigenvalue weighted by Crippen LogP contribution is 2.16. The van der Waals surface area contributed by atoms with Crippen molar-refractivity contribution in [2.24, 2.45) is 0 Å². The second kappa shape index (κ2) is 4.67. The van der Waals surface area contributed by atoms with Gasteiger partial charge in [0.2, 0.25) is 0 Å². The van der Waals surface area contributed by atoms with Gasteiger partial charge in [-0.15, -0.1) is 5.10 Å². The molecule has 6 heteroatoms. The summed E-state index contributed by atoms with van der Waals surface area (Å²) in [6.07, 6.45) is 0.618. The number of rotatable bonds is 3. The third kappa shape index (κ3) is 2.36. The molecule has 1 N–H and O–H groups in total. The van der Waals surface area contributed by atoms with Crippen LogP contribution in [0.2, 0.25) is 0 Å². The average Bonchev–Trinajstić information content (AvgIpc) is 2.73. The van der Waals surface area contributed by atoms with Crippen LogP contribution in [0.15, 0.2) is 28.7 Å². The molecule has 0 aliphatic heterocycles. The predicted molar refractivity (Wildman–Crippen MR) is 65.4 cm³/mol. The summed E-state index contributed by atoms with van der Waals surface area (Å²) in [5, 5.41) is 12.8. The minimum Gasteiger partial charge on any atom is -0.475 e. The fraction of sp³-hybridized carbons (Fsp3) is 0.182. The van der Waals surface area contributed by atoms with Gasteiger partial charge < -0.3 is 5.11 Å². The van der Waals surface area contributed by atoms with Crippen LogP contribution < -0.4 is 0 Å². The molecule has 0 spiro atoms. The third-order valence-electron chi connectivity index (χ3n) is 2.23. The molecular formula is C11H10BrN3O2. The first kappa shape index (κ1) is 11.8. The van der Waals surface area contributed by atoms with Crippen molar-refractivity contribution >= 4 is 21.9 Å². The fourth-order valence-corrected chi connectivity index (χ4v) is 1.87. The number of halogens is 1. The van der Waals surface area contributed by atoms with E-state index in [1.807, 2.05) is 31.2 Å². The number of carboxylic acids is 1. The molecule has 1 heterocycles. The van der Waals surface area contributed by atoms with Crippen molar-refractivity contribution in [3.63, 3.8) is 0 Å². The summed E-state index contributed by atoms with van der Waals surface area (Å²) in [5.41, 5.74) is 0.788. The van der Waals surface area contributed by atoms with Gasteiger partial charge in [-0.3, -0.25) is 0 Å². The zero-order valence-corrected chi connectivity index (χ0v) is 10.7. The first-order valence-electron chi connectivity index (χ1n) is 5.07. The van der Waals surface area contributed by atoms with Crippen LogP contribution in [-0.4, -0.2) is 25.8 Å². The Balaban J connectivity index is 2.54. The van der Waals surface area contributed by atoms with Crippen molar-refractivity contribution in [3.05, 3.63) is 40.4 Å². The molecule has 0 saturated heterocycles. The Morgan fingerprint density at radius 1 is 1.53 bits per heavy atom. The minimum atomic E-state index is -1.12. The second-order valence-electron chi connectivity index (χ2n) is 3.40. The molecule has 0 saturated carbocycles. The summed E-state index contributed by atoms with van der Waals surface area (Å²) in [4.78, 5) is 14.8. The number of carboxylic acid groups (broad SMARTS) is 1. The Bertz CT molecular complexity index is 566. The van der Waals surface area contributed by atoms with E-state index in [1.54, 1.807) is 4.68 Å². The first-order valence-corrected chi connectivity index (χ1v) is 5.86. The normalized spacial score (nSPS) is 10.5. The maximum Gasteiger partial charge on any atom is 0.375 e. The molecule has 0 unspecified atom stereocenters. The van der Waals surface area contributed by atoms with Crippen molar-refractivity contribution in [1.29, 1.82) is 0 Å². The summed E-state index contributed by atoms with van der Waals surface area (Å²) >= 11 is 3.36. The lowest BCUT2D eigenvalue weighted by Crippen LogP contribution is -2.03. The third-order valence-corrected chi connectivity index (χ3v) is 2.73. The lowest BCUT2D eigenvalue weighted by atomic mass is 10.3. The van der Waals surface area contributed by atoms with Gasteiger partial charge in [-0.05, 0) is 18.2 Å². The molecule has 0 bridgehead atoms. The van der Waals surface area contributed by atoms with Gasteiger partial charge in [0.15, 0.2) is 0 Å². The molecule has 5 nitrogen and oxygen atoms in total. The summed E-state index contributed by atoms with van der Waals surface area (Å²) in [5.74, 6) is -0.671. The lowest BCUT2D eigenvalue weighted by Gasteiger charge is -2.03. The topological polar surface area (TPSA) is 68.0 Å². The Hall–Kier alpha value is -1.69. The van der Waals surface area contributed by atoms with Crippen LogP contribution in [0.5, 0.6) is 0 Å². The molecule has 0 aliphatic rings. The van der Waals surface area contributed by atoms with Crippen LogP contribution in [0, 0.1) is 0 Å². The van der Waals surface area contributed by atoms with Crippen LogP contribution in [0.1, 0.15) is 23.4 Å². The Labute approximate surface area is 106 Å². The molecule has 0 atom stereocenters. The number of hydrogen-bond acceptors (Lipinski definition) is 3. The Kier molecular flexibility index (Phi) is 3.23. The monoisotopic (exact) mass is 295 g/mol. The molecule has 0 radical (unpaired) electrons. The second-order valence-corrected chi connectivity index (χ2v) is 4.32. The number of aryl methyl sites for hydroxylation is 1. The summed E-state index contributed by atoms with van der Waals surface area (Å²) in [6.45, 7) is 1.91. The van der Waals surface area contributed by atoms with Crippen molar-refractivity contribution in [2.75, 3.05) is 0 Å². The van der Waals surface area contributed by atoms with Crippen molar-refractivity contribution in [1.82, 2.24) is 14.8 Å². The fourth-order valence-electron chi connectivity index (χ4n) is 1.48. The van der Waals surface area contributed by atoms with Crippen molar-refractivity contribution in [3.8, 4) is 5.69 Å². The molecule has 0 aliphatic carbocycles. The number of carbonyl (C=O) groups is 1. The largest absolute Gasteiger partial charge is 0.475 e. The quantitative estimate of drug-likeness (QED) is 0.943. The van der Waals surface area contributed by atoms with E-state index >= 15 is 0 Å². The predicted octanol–water partition coefficient (Wildman–Crippen LogP) is 2.29. The molecule has 1 aromatic carbocycles. The van der Waals surface area contributed by atoms with Gasteiger partial charge >= 0.3 is 5.97 Å². The molecule has 0 fully saturated rings. The van der Waals surface area contributed by atoms with E-state index in [1.165, 1.54) is 0 Å². The van der Waals surface area contributed by atoms with E-state index in [9.17, 15) is 4.79 Å². The van der Waals surface area contributed by atoms with Crippen LogP contribution in [0.4, 0.5) is 0 Å². The molecule has 2 aromatic rings. The van der Waals surface area contributed by atoms with Gasteiger partial charge in [0.1, 0.15) is 5.82 Å². The van der Waals surface area contributed by atoms with Gasteiger partial charge in [0.05, 0.1) is 5.69 Å². The molecular weight excluding hydrogens is 286 g/mol. The van der Waals surface area contributed by atoms with E-state index in [0.29, 0.717) is 12.2 Å². The average molecular weight is 296 g/mol. The lowest BCUT2D eigenvalue weighted by molar-refractivity contribution is 0.0683. The van der Waals surface area contributed by atoms with E-state index in [2.05, 4.69) is 26.0 Å². The van der Waals surface area contributed by atoms with Crippen molar-refractivity contribution in [2.45, 2.75) is 13.3 Å². The molecule has 17 heavy (non-hydrogen) atoms. The number of benzene rings is 1. The van der Waals surface area contributed by atoms with E-state index in [-0.39, 0.29) is 5.82 Å². The molecule has 88 valence electrons. The van der Waals surface area contributed by atoms with E-state index in [4.69, 9.17) is 5.11 Å². The summed E-state index contributed by atoms with van der Waals surface area (Å²) in [7, 11) is 0. The summed E-state index contributed by atoms with van der Waals surface area (Å²) in [6, 6.07) is 7.47. The van der Waals surface area contributed by atoms with Gasteiger partial charge in [-0.1, -0.05) is 28.9 Å². The number of hydrogen-bond donors (Lipinski definition) is 1. The first-order chi connectivity index (χ1) is 8.11. The Morgan fingerprint density at radius 3 is 2.88 bits per heavy atom. The molecule has 2 rings (SSSR count). The van der Waals surface area contributed by atoms with Crippen molar-refractivity contribution < 1.29 is 9.90 Å². The number of aromatic nitrogens is 3. The molecule has 1 aromatic heterocycles. The maximum absolute atomic E-state index is 10.8. The zero-order chi connectivity index (χ0) is 12.4.